The molecular formula is C17H13N3O4. The van der Waals surface area contributed by atoms with Gasteiger partial charge in [-0.3, -0.25) is 14.9 Å². The molecule has 0 spiro atoms. The molecule has 0 bridgehead atoms. The van der Waals surface area contributed by atoms with E-state index in [1.807, 2.05) is 0 Å². The van der Waals surface area contributed by atoms with Crippen LogP contribution in [0, 0.1) is 22.5 Å². The smallest absolute Gasteiger partial charge is 0.271 e. The van der Waals surface area contributed by atoms with Crippen molar-refractivity contribution in [3.63, 3.8) is 0 Å². The average molecular weight is 323 g/mol. The van der Waals surface area contributed by atoms with Crippen molar-refractivity contribution in [3.05, 3.63) is 69.8 Å². The van der Waals surface area contributed by atoms with Crippen LogP contribution in [0.3, 0.4) is 0 Å². The van der Waals surface area contributed by atoms with Gasteiger partial charge in [-0.05, 0) is 29.8 Å². The predicted octanol–water partition coefficient (Wildman–Crippen LogP) is 2.37. The number of hydrogen-bond donors (Lipinski definition) is 1. The van der Waals surface area contributed by atoms with Crippen molar-refractivity contribution in [2.24, 2.45) is 5.10 Å². The zero-order valence-electron chi connectivity index (χ0n) is 12.5. The summed E-state index contributed by atoms with van der Waals surface area (Å²) in [4.78, 5) is 21.9. The molecule has 120 valence electrons. The molecule has 0 fully saturated rings. The average Bonchev–Trinajstić information content (AvgIpc) is 2.60. The Morgan fingerprint density at radius 2 is 2.08 bits per heavy atom. The quantitative estimate of drug-likeness (QED) is 0.382. The molecule has 0 aliphatic carbocycles. The van der Waals surface area contributed by atoms with E-state index in [1.54, 1.807) is 24.3 Å². The first-order valence-corrected chi connectivity index (χ1v) is 6.84. The van der Waals surface area contributed by atoms with E-state index in [-0.39, 0.29) is 17.9 Å². The van der Waals surface area contributed by atoms with E-state index >= 15 is 0 Å². The van der Waals surface area contributed by atoms with Gasteiger partial charge < -0.3 is 4.74 Å². The van der Waals surface area contributed by atoms with Crippen molar-refractivity contribution in [3.8, 4) is 18.1 Å². The van der Waals surface area contributed by atoms with E-state index in [9.17, 15) is 14.9 Å². The van der Waals surface area contributed by atoms with Crippen LogP contribution in [0.4, 0.5) is 5.69 Å². The Hall–Kier alpha value is -3.66. The third-order valence-corrected chi connectivity index (χ3v) is 2.90. The highest BCUT2D eigenvalue weighted by Crippen LogP contribution is 2.12. The van der Waals surface area contributed by atoms with Gasteiger partial charge in [0.1, 0.15) is 12.4 Å². The minimum atomic E-state index is -0.533. The maximum Gasteiger partial charge on any atom is 0.271 e. The maximum atomic E-state index is 11.9. The van der Waals surface area contributed by atoms with Crippen LogP contribution in [-0.2, 0) is 0 Å². The summed E-state index contributed by atoms with van der Waals surface area (Å²) in [6.07, 6.45) is 6.57. The summed E-state index contributed by atoms with van der Waals surface area (Å²) in [6, 6.07) is 12.3. The fourth-order valence-electron chi connectivity index (χ4n) is 1.77. The minimum Gasteiger partial charge on any atom is -0.481 e. The number of nitro groups is 1. The molecule has 0 saturated carbocycles. The van der Waals surface area contributed by atoms with Crippen LogP contribution in [0.15, 0.2) is 53.6 Å². The van der Waals surface area contributed by atoms with E-state index in [4.69, 9.17) is 11.2 Å². The van der Waals surface area contributed by atoms with Gasteiger partial charge in [-0.1, -0.05) is 18.1 Å². The number of terminal acetylenes is 1. The van der Waals surface area contributed by atoms with Gasteiger partial charge in [-0.25, -0.2) is 5.43 Å². The number of rotatable bonds is 6. The number of nitrogens with one attached hydrogen (secondary N) is 1. The first-order valence-electron chi connectivity index (χ1n) is 6.84. The van der Waals surface area contributed by atoms with Crippen molar-refractivity contribution in [2.75, 3.05) is 6.61 Å². The van der Waals surface area contributed by atoms with Gasteiger partial charge in [-0.15, -0.1) is 6.42 Å². The summed E-state index contributed by atoms with van der Waals surface area (Å²) in [6.45, 7) is 0.164. The Kier molecular flexibility index (Phi) is 5.64. The number of nitro benzene ring substituents is 1. The van der Waals surface area contributed by atoms with Gasteiger partial charge in [0.25, 0.3) is 11.6 Å². The molecule has 1 N–H and O–H groups in total. The summed E-state index contributed by atoms with van der Waals surface area (Å²) in [5, 5.41) is 14.4. The van der Waals surface area contributed by atoms with Crippen LogP contribution in [0.5, 0.6) is 5.75 Å². The van der Waals surface area contributed by atoms with Gasteiger partial charge in [0.15, 0.2) is 0 Å². The summed E-state index contributed by atoms with van der Waals surface area (Å²) in [5.74, 6) is 2.49. The van der Waals surface area contributed by atoms with Crippen molar-refractivity contribution in [2.45, 2.75) is 0 Å². The number of carbonyl (C=O) groups excluding carboxylic acids is 1. The summed E-state index contributed by atoms with van der Waals surface area (Å²) in [7, 11) is 0. The molecule has 0 radical (unpaired) electrons. The molecular weight excluding hydrogens is 310 g/mol. The van der Waals surface area contributed by atoms with E-state index in [1.165, 1.54) is 30.5 Å². The highest BCUT2D eigenvalue weighted by Gasteiger charge is 2.08. The fourth-order valence-corrected chi connectivity index (χ4v) is 1.77. The Balaban J connectivity index is 1.97. The number of hydrazone groups is 1. The zero-order valence-corrected chi connectivity index (χ0v) is 12.5. The van der Waals surface area contributed by atoms with Crippen LogP contribution in [-0.4, -0.2) is 23.7 Å². The molecule has 1 amide bonds. The molecule has 7 heteroatoms. The highest BCUT2D eigenvalue weighted by molar-refractivity contribution is 5.95. The SMILES string of the molecule is C#CCOc1cccc(/C=N/NC(=O)c2ccc([N+](=O)[O-])cc2)c1. The lowest BCUT2D eigenvalue weighted by Crippen LogP contribution is -2.17. The van der Waals surface area contributed by atoms with Crippen LogP contribution < -0.4 is 10.2 Å². The lowest BCUT2D eigenvalue weighted by atomic mass is 10.2. The highest BCUT2D eigenvalue weighted by atomic mass is 16.6. The molecule has 0 aromatic heterocycles. The topological polar surface area (TPSA) is 93.8 Å². The van der Waals surface area contributed by atoms with Crippen LogP contribution in [0.1, 0.15) is 15.9 Å². The standard InChI is InChI=1S/C17H13N3O4/c1-2-10-24-16-5-3-4-13(11-16)12-18-19-17(21)14-6-8-15(9-7-14)20(22)23/h1,3-9,11-12H,10H2,(H,19,21)/b18-12+. The van der Waals surface area contributed by atoms with Gasteiger partial charge in [0, 0.05) is 17.7 Å². The van der Waals surface area contributed by atoms with E-state index in [0.29, 0.717) is 11.3 Å². The zero-order chi connectivity index (χ0) is 17.4. The Morgan fingerprint density at radius 3 is 2.75 bits per heavy atom. The van der Waals surface area contributed by atoms with Crippen molar-refractivity contribution in [1.82, 2.24) is 5.43 Å². The molecule has 0 saturated heterocycles. The Bertz CT molecular complexity index is 807. The molecule has 24 heavy (non-hydrogen) atoms. The van der Waals surface area contributed by atoms with E-state index < -0.39 is 10.8 Å². The molecule has 7 nitrogen and oxygen atoms in total. The van der Waals surface area contributed by atoms with Crippen molar-refractivity contribution < 1.29 is 14.5 Å². The second-order valence-electron chi connectivity index (χ2n) is 4.57. The summed E-state index contributed by atoms with van der Waals surface area (Å²) < 4.78 is 5.28. The normalized spacial score (nSPS) is 10.1. The minimum absolute atomic E-state index is 0.0844. The number of ether oxygens (including phenoxy) is 1. The first-order chi connectivity index (χ1) is 11.6. The van der Waals surface area contributed by atoms with Crippen LogP contribution in [0.2, 0.25) is 0 Å². The van der Waals surface area contributed by atoms with E-state index in [0.717, 1.165) is 0 Å². The van der Waals surface area contributed by atoms with Crippen LogP contribution in [0.25, 0.3) is 0 Å². The molecule has 2 rings (SSSR count). The maximum absolute atomic E-state index is 11.9. The Morgan fingerprint density at radius 1 is 1.33 bits per heavy atom. The number of non-ortho nitro benzene ring substituents is 1. The molecule has 2 aromatic rings. The Labute approximate surface area is 138 Å². The number of nitrogens with zero attached hydrogens (tertiary/aromatic N) is 2. The first kappa shape index (κ1) is 16.7. The third kappa shape index (κ3) is 4.68. The molecule has 0 aliphatic rings. The number of hydrogen-bond acceptors (Lipinski definition) is 5. The largest absolute Gasteiger partial charge is 0.481 e. The van der Waals surface area contributed by atoms with Crippen molar-refractivity contribution >= 4 is 17.8 Å². The monoisotopic (exact) mass is 323 g/mol. The molecule has 0 heterocycles. The fraction of sp³-hybridized carbons (Fsp3) is 0.0588. The van der Waals surface area contributed by atoms with E-state index in [2.05, 4.69) is 16.4 Å². The number of amides is 1. The van der Waals surface area contributed by atoms with Crippen LogP contribution >= 0.6 is 0 Å². The molecule has 0 atom stereocenters. The number of carbonyl (C=O) groups is 1. The molecule has 2 aromatic carbocycles. The lowest BCUT2D eigenvalue weighted by molar-refractivity contribution is -0.384. The summed E-state index contributed by atoms with van der Waals surface area (Å²) >= 11 is 0. The van der Waals surface area contributed by atoms with Crippen molar-refractivity contribution in [1.29, 1.82) is 0 Å². The second-order valence-corrected chi connectivity index (χ2v) is 4.57. The number of benzene rings is 2. The molecule has 0 aliphatic heterocycles. The molecule has 0 unspecified atom stereocenters. The second kappa shape index (κ2) is 8.10. The summed E-state index contributed by atoms with van der Waals surface area (Å²) in [5.41, 5.74) is 3.25. The lowest BCUT2D eigenvalue weighted by Gasteiger charge is -2.02. The van der Waals surface area contributed by atoms with Gasteiger partial charge in [0.2, 0.25) is 0 Å². The van der Waals surface area contributed by atoms with Gasteiger partial charge in [0.05, 0.1) is 11.1 Å². The third-order valence-electron chi connectivity index (χ3n) is 2.90. The predicted molar refractivity (Wildman–Crippen MR) is 88.9 cm³/mol. The van der Waals surface area contributed by atoms with Gasteiger partial charge in [-0.2, -0.15) is 5.10 Å². The van der Waals surface area contributed by atoms with Gasteiger partial charge >= 0.3 is 0 Å².